The molecule has 1 aromatic heterocycles. The topological polar surface area (TPSA) is 61.9 Å². The second-order valence-electron chi connectivity index (χ2n) is 5.33. The molecule has 0 bridgehead atoms. The summed E-state index contributed by atoms with van der Waals surface area (Å²) in [6, 6.07) is 21.2. The molecule has 0 aliphatic carbocycles. The number of hydrogen-bond donors (Lipinski definition) is 0. The normalized spacial score (nSPS) is 11.4. The molecule has 0 spiro atoms. The van der Waals surface area contributed by atoms with E-state index in [4.69, 9.17) is 4.99 Å². The molecular weight excluding hydrogens is 408 g/mol. The SMILES string of the molecule is CSc1ncc(Br)c(C(C#N)N=C(c2ccccc2)c2ccccc2)n1. The average Bonchev–Trinajstić information content (AvgIpc) is 2.71. The van der Waals surface area contributed by atoms with E-state index in [-0.39, 0.29) is 0 Å². The van der Waals surface area contributed by atoms with Crippen molar-refractivity contribution in [2.24, 2.45) is 4.99 Å². The van der Waals surface area contributed by atoms with Crippen LogP contribution in [-0.2, 0) is 0 Å². The van der Waals surface area contributed by atoms with Crippen molar-refractivity contribution in [1.82, 2.24) is 9.97 Å². The lowest BCUT2D eigenvalue weighted by Gasteiger charge is -2.12. The Morgan fingerprint density at radius 3 is 2.15 bits per heavy atom. The van der Waals surface area contributed by atoms with Crippen LogP contribution in [0.3, 0.4) is 0 Å². The Morgan fingerprint density at radius 1 is 1.08 bits per heavy atom. The minimum atomic E-state index is -0.742. The van der Waals surface area contributed by atoms with Gasteiger partial charge in [-0.25, -0.2) is 9.97 Å². The Bertz CT molecular complexity index is 911. The first-order valence-electron chi connectivity index (χ1n) is 7.87. The summed E-state index contributed by atoms with van der Waals surface area (Å²) < 4.78 is 0.672. The van der Waals surface area contributed by atoms with Crippen LogP contribution in [0.4, 0.5) is 0 Å². The molecule has 0 fully saturated rings. The van der Waals surface area contributed by atoms with Crippen molar-refractivity contribution in [1.29, 1.82) is 5.26 Å². The van der Waals surface area contributed by atoms with Gasteiger partial charge in [0.05, 0.1) is 21.9 Å². The smallest absolute Gasteiger partial charge is 0.187 e. The zero-order chi connectivity index (χ0) is 18.4. The third-order valence-corrected chi connectivity index (χ3v) is 4.84. The van der Waals surface area contributed by atoms with E-state index in [1.807, 2.05) is 66.9 Å². The van der Waals surface area contributed by atoms with E-state index in [1.165, 1.54) is 11.8 Å². The average molecular weight is 423 g/mol. The van der Waals surface area contributed by atoms with Gasteiger partial charge in [0.2, 0.25) is 0 Å². The highest BCUT2D eigenvalue weighted by atomic mass is 79.9. The Balaban J connectivity index is 2.14. The summed E-state index contributed by atoms with van der Waals surface area (Å²) in [7, 11) is 0. The molecule has 6 heteroatoms. The van der Waals surface area contributed by atoms with Gasteiger partial charge in [-0.1, -0.05) is 72.4 Å². The molecule has 0 radical (unpaired) electrons. The third-order valence-electron chi connectivity index (χ3n) is 3.67. The van der Waals surface area contributed by atoms with Crippen LogP contribution in [0.25, 0.3) is 0 Å². The summed E-state index contributed by atoms with van der Waals surface area (Å²) in [5, 5.41) is 10.4. The number of aromatic nitrogens is 2. The fourth-order valence-corrected chi connectivity index (χ4v) is 3.20. The van der Waals surface area contributed by atoms with E-state index in [0.29, 0.717) is 15.3 Å². The first-order valence-corrected chi connectivity index (χ1v) is 9.89. The molecule has 0 saturated heterocycles. The molecule has 4 nitrogen and oxygen atoms in total. The number of benzene rings is 2. The number of nitriles is 1. The monoisotopic (exact) mass is 422 g/mol. The summed E-state index contributed by atoms with van der Waals surface area (Å²) in [6.45, 7) is 0. The molecule has 0 aliphatic heterocycles. The van der Waals surface area contributed by atoms with Gasteiger partial charge in [-0.15, -0.1) is 0 Å². The molecule has 26 heavy (non-hydrogen) atoms. The fourth-order valence-electron chi connectivity index (χ4n) is 2.44. The van der Waals surface area contributed by atoms with Crippen molar-refractivity contribution >= 4 is 33.4 Å². The second-order valence-corrected chi connectivity index (χ2v) is 6.96. The van der Waals surface area contributed by atoms with Crippen molar-refractivity contribution in [3.8, 4) is 6.07 Å². The lowest BCUT2D eigenvalue weighted by atomic mass is 10.0. The van der Waals surface area contributed by atoms with Gasteiger partial charge in [0, 0.05) is 17.3 Å². The fraction of sp³-hybridized carbons (Fsp3) is 0.100. The third kappa shape index (κ3) is 4.18. The molecule has 1 atom stereocenters. The number of hydrogen-bond acceptors (Lipinski definition) is 5. The Kier molecular flexibility index (Phi) is 6.16. The number of halogens is 1. The number of nitrogens with zero attached hydrogens (tertiary/aromatic N) is 4. The van der Waals surface area contributed by atoms with Gasteiger partial charge < -0.3 is 0 Å². The van der Waals surface area contributed by atoms with Crippen LogP contribution in [0.15, 0.2) is 81.5 Å². The van der Waals surface area contributed by atoms with E-state index in [1.54, 1.807) is 6.20 Å². The summed E-state index contributed by atoms with van der Waals surface area (Å²) in [5.41, 5.74) is 3.23. The van der Waals surface area contributed by atoms with E-state index in [0.717, 1.165) is 16.8 Å². The van der Waals surface area contributed by atoms with Crippen LogP contribution in [0.1, 0.15) is 22.9 Å². The van der Waals surface area contributed by atoms with Gasteiger partial charge in [-0.3, -0.25) is 4.99 Å². The van der Waals surface area contributed by atoms with Crippen LogP contribution < -0.4 is 0 Å². The molecule has 0 amide bonds. The zero-order valence-electron chi connectivity index (χ0n) is 14.0. The van der Waals surface area contributed by atoms with Crippen LogP contribution in [0, 0.1) is 11.3 Å². The minimum absolute atomic E-state index is 0.566. The molecule has 128 valence electrons. The van der Waals surface area contributed by atoms with E-state index < -0.39 is 6.04 Å². The van der Waals surface area contributed by atoms with Gasteiger partial charge >= 0.3 is 0 Å². The maximum absolute atomic E-state index is 9.77. The highest BCUT2D eigenvalue weighted by Crippen LogP contribution is 2.27. The summed E-state index contributed by atoms with van der Waals surface area (Å²) in [6.07, 6.45) is 3.57. The summed E-state index contributed by atoms with van der Waals surface area (Å²) >= 11 is 4.88. The minimum Gasteiger partial charge on any atom is -0.259 e. The molecule has 1 heterocycles. The van der Waals surface area contributed by atoms with Crippen molar-refractivity contribution in [3.63, 3.8) is 0 Å². The van der Waals surface area contributed by atoms with Crippen LogP contribution >= 0.6 is 27.7 Å². The Morgan fingerprint density at radius 2 is 1.65 bits per heavy atom. The molecule has 0 aliphatic rings. The molecule has 3 rings (SSSR count). The van der Waals surface area contributed by atoms with Gasteiger partial charge in [0.25, 0.3) is 0 Å². The van der Waals surface area contributed by atoms with E-state index in [2.05, 4.69) is 32.0 Å². The predicted molar refractivity (Wildman–Crippen MR) is 108 cm³/mol. The van der Waals surface area contributed by atoms with Gasteiger partial charge in [-0.2, -0.15) is 5.26 Å². The van der Waals surface area contributed by atoms with E-state index >= 15 is 0 Å². The zero-order valence-corrected chi connectivity index (χ0v) is 16.4. The first-order chi connectivity index (χ1) is 12.7. The second kappa shape index (κ2) is 8.75. The summed E-state index contributed by atoms with van der Waals surface area (Å²) in [5.74, 6) is 0. The quantitative estimate of drug-likeness (QED) is 0.327. The lowest BCUT2D eigenvalue weighted by Crippen LogP contribution is -2.08. The van der Waals surface area contributed by atoms with Crippen LogP contribution in [0.2, 0.25) is 0 Å². The number of thioether (sulfide) groups is 1. The van der Waals surface area contributed by atoms with Crippen molar-refractivity contribution < 1.29 is 0 Å². The Labute approximate surface area is 165 Å². The highest BCUT2D eigenvalue weighted by molar-refractivity contribution is 9.10. The Hall–Kier alpha value is -2.49. The van der Waals surface area contributed by atoms with E-state index in [9.17, 15) is 5.26 Å². The standard InChI is InChI=1S/C20H15BrN4S/c1-26-20-23-13-16(21)19(25-20)17(12-22)24-18(14-8-4-2-5-9-14)15-10-6-3-7-11-15/h2-11,13,17H,1H3. The van der Waals surface area contributed by atoms with Crippen LogP contribution in [-0.4, -0.2) is 21.9 Å². The largest absolute Gasteiger partial charge is 0.259 e. The predicted octanol–water partition coefficient (Wildman–Crippen LogP) is 5.06. The van der Waals surface area contributed by atoms with Gasteiger partial charge in [0.15, 0.2) is 11.2 Å². The van der Waals surface area contributed by atoms with Gasteiger partial charge in [-0.05, 0) is 22.2 Å². The van der Waals surface area contributed by atoms with Crippen molar-refractivity contribution in [2.45, 2.75) is 11.2 Å². The maximum Gasteiger partial charge on any atom is 0.187 e. The highest BCUT2D eigenvalue weighted by Gasteiger charge is 2.18. The first kappa shape index (κ1) is 18.3. The molecule has 0 saturated carbocycles. The molecular formula is C20H15BrN4S. The molecule has 0 N–H and O–H groups in total. The van der Waals surface area contributed by atoms with Gasteiger partial charge in [0.1, 0.15) is 0 Å². The molecule has 2 aromatic carbocycles. The number of aliphatic imine (C=N–C) groups is 1. The number of rotatable bonds is 5. The lowest BCUT2D eigenvalue weighted by molar-refractivity contribution is 0.808. The molecule has 3 aromatic rings. The molecule has 1 unspecified atom stereocenters. The summed E-state index contributed by atoms with van der Waals surface area (Å²) in [4.78, 5) is 13.5. The van der Waals surface area contributed by atoms with Crippen LogP contribution in [0.5, 0.6) is 0 Å². The van der Waals surface area contributed by atoms with Crippen molar-refractivity contribution in [3.05, 3.63) is 88.2 Å². The van der Waals surface area contributed by atoms with Crippen molar-refractivity contribution in [2.75, 3.05) is 6.26 Å². The maximum atomic E-state index is 9.77.